The molecule has 0 amide bonds. The highest BCUT2D eigenvalue weighted by molar-refractivity contribution is 9.10. The van der Waals surface area contributed by atoms with Crippen molar-refractivity contribution in [2.45, 2.75) is 24.2 Å². The number of sulfonamides is 1. The van der Waals surface area contributed by atoms with Crippen LogP contribution in [0.3, 0.4) is 0 Å². The molecule has 0 atom stereocenters. The maximum Gasteiger partial charge on any atom is 0.243 e. The highest BCUT2D eigenvalue weighted by Gasteiger charge is 2.21. The molecule has 1 saturated heterocycles. The molecule has 0 spiro atoms. The molecule has 3 N–H and O–H groups in total. The van der Waals surface area contributed by atoms with E-state index in [1.54, 1.807) is 0 Å². The molecular weight excluding hydrogens is 361 g/mol. The van der Waals surface area contributed by atoms with Crippen LogP contribution in [0.1, 0.15) is 19.3 Å². The molecule has 1 heterocycles. The molecule has 2 rings (SSSR count). The Balaban J connectivity index is 1.95. The predicted molar refractivity (Wildman–Crippen MR) is 84.0 cm³/mol. The van der Waals surface area contributed by atoms with E-state index in [1.807, 2.05) is 0 Å². The Hall–Kier alpha value is -0.700. The summed E-state index contributed by atoms with van der Waals surface area (Å²) in [6.07, 6.45) is 3.10. The number of nitrogens with zero attached hydrogens (tertiary/aromatic N) is 1. The Bertz CT molecular complexity index is 604. The van der Waals surface area contributed by atoms with Crippen LogP contribution in [0.15, 0.2) is 21.5 Å². The normalized spacial score (nSPS) is 16.5. The lowest BCUT2D eigenvalue weighted by Crippen LogP contribution is -2.29. The number of likely N-dealkylation sites (tertiary alicyclic amines) is 1. The van der Waals surface area contributed by atoms with Crippen LogP contribution in [0.4, 0.5) is 10.1 Å². The van der Waals surface area contributed by atoms with Crippen LogP contribution in [0.5, 0.6) is 0 Å². The van der Waals surface area contributed by atoms with Crippen LogP contribution in [-0.2, 0) is 10.0 Å². The van der Waals surface area contributed by atoms with Gasteiger partial charge in [-0.3, -0.25) is 0 Å². The Kier molecular flexibility index (Phi) is 5.59. The van der Waals surface area contributed by atoms with Crippen LogP contribution in [0.2, 0.25) is 0 Å². The van der Waals surface area contributed by atoms with Gasteiger partial charge in [0.05, 0.1) is 4.47 Å². The van der Waals surface area contributed by atoms with E-state index in [1.165, 1.54) is 18.9 Å². The van der Waals surface area contributed by atoms with Crippen LogP contribution >= 0.6 is 15.9 Å². The Morgan fingerprint density at radius 1 is 1.33 bits per heavy atom. The molecule has 1 aliphatic rings. The van der Waals surface area contributed by atoms with Gasteiger partial charge in [0.2, 0.25) is 10.0 Å². The van der Waals surface area contributed by atoms with Crippen LogP contribution in [-0.4, -0.2) is 39.5 Å². The lowest BCUT2D eigenvalue weighted by molar-refractivity contribution is 0.334. The minimum Gasteiger partial charge on any atom is -0.399 e. The highest BCUT2D eigenvalue weighted by atomic mass is 79.9. The van der Waals surface area contributed by atoms with Gasteiger partial charge in [-0.15, -0.1) is 0 Å². The summed E-state index contributed by atoms with van der Waals surface area (Å²) in [6.45, 7) is 3.28. The van der Waals surface area contributed by atoms with Crippen molar-refractivity contribution >= 4 is 31.6 Å². The van der Waals surface area contributed by atoms with E-state index in [0.717, 1.165) is 25.7 Å². The monoisotopic (exact) mass is 379 g/mol. The third-order valence-corrected chi connectivity index (χ3v) is 5.49. The van der Waals surface area contributed by atoms with Gasteiger partial charge < -0.3 is 10.6 Å². The second-order valence-electron chi connectivity index (χ2n) is 5.11. The maximum absolute atomic E-state index is 13.9. The number of nitrogens with one attached hydrogen (secondary N) is 1. The van der Waals surface area contributed by atoms with Crippen molar-refractivity contribution in [1.82, 2.24) is 9.62 Å². The third kappa shape index (κ3) is 4.38. The summed E-state index contributed by atoms with van der Waals surface area (Å²) in [5.74, 6) is -0.823. The molecule has 21 heavy (non-hydrogen) atoms. The third-order valence-electron chi connectivity index (χ3n) is 3.45. The van der Waals surface area contributed by atoms with E-state index in [-0.39, 0.29) is 16.7 Å². The van der Waals surface area contributed by atoms with Crippen LogP contribution in [0, 0.1) is 5.82 Å². The number of nitrogen functional groups attached to an aromatic ring is 1. The average Bonchev–Trinajstić information content (AvgIpc) is 2.92. The van der Waals surface area contributed by atoms with E-state index in [2.05, 4.69) is 25.6 Å². The summed E-state index contributed by atoms with van der Waals surface area (Å²) in [6, 6.07) is 2.46. The van der Waals surface area contributed by atoms with Gasteiger partial charge in [0.25, 0.3) is 0 Å². The van der Waals surface area contributed by atoms with Crippen molar-refractivity contribution in [1.29, 1.82) is 0 Å². The van der Waals surface area contributed by atoms with Gasteiger partial charge >= 0.3 is 0 Å². The Labute approximate surface area is 132 Å². The fraction of sp³-hybridized carbons (Fsp3) is 0.538. The minimum atomic E-state index is -3.89. The van der Waals surface area contributed by atoms with Crippen molar-refractivity contribution in [3.8, 4) is 0 Å². The van der Waals surface area contributed by atoms with Gasteiger partial charge in [-0.25, -0.2) is 17.5 Å². The zero-order valence-corrected chi connectivity index (χ0v) is 14.0. The number of nitrogens with two attached hydrogens (primary N) is 1. The average molecular weight is 380 g/mol. The summed E-state index contributed by atoms with van der Waals surface area (Å²) in [7, 11) is -3.89. The number of hydrogen-bond donors (Lipinski definition) is 2. The number of anilines is 1. The van der Waals surface area contributed by atoms with E-state index < -0.39 is 20.7 Å². The molecule has 1 aromatic rings. The van der Waals surface area contributed by atoms with Gasteiger partial charge in [-0.1, -0.05) is 0 Å². The smallest absolute Gasteiger partial charge is 0.243 e. The van der Waals surface area contributed by atoms with Gasteiger partial charge in [0, 0.05) is 12.2 Å². The molecule has 1 fully saturated rings. The second-order valence-corrected chi connectivity index (χ2v) is 7.70. The largest absolute Gasteiger partial charge is 0.399 e. The van der Waals surface area contributed by atoms with Gasteiger partial charge in [0.15, 0.2) is 5.82 Å². The summed E-state index contributed by atoms with van der Waals surface area (Å²) >= 11 is 2.96. The summed E-state index contributed by atoms with van der Waals surface area (Å²) in [4.78, 5) is 1.88. The molecule has 1 aromatic carbocycles. The van der Waals surface area contributed by atoms with Gasteiger partial charge in [-0.2, -0.15) is 0 Å². The fourth-order valence-corrected chi connectivity index (χ4v) is 4.19. The SMILES string of the molecule is Nc1cc(Br)c(F)c(S(=O)(=O)NCCCN2CCCC2)c1. The minimum absolute atomic E-state index is 0.0416. The zero-order chi connectivity index (χ0) is 15.5. The highest BCUT2D eigenvalue weighted by Crippen LogP contribution is 2.25. The van der Waals surface area contributed by atoms with E-state index >= 15 is 0 Å². The quantitative estimate of drug-likeness (QED) is 0.584. The molecule has 118 valence electrons. The first-order valence-electron chi connectivity index (χ1n) is 6.87. The maximum atomic E-state index is 13.9. The molecule has 0 unspecified atom stereocenters. The predicted octanol–water partition coefficient (Wildman–Crippen LogP) is 1.93. The standard InChI is InChI=1S/C13H19BrFN3O2S/c14-11-8-10(16)9-12(13(11)15)21(19,20)17-4-3-7-18-5-1-2-6-18/h8-9,17H,1-7,16H2. The van der Waals surface area contributed by atoms with Crippen molar-refractivity contribution in [3.63, 3.8) is 0 Å². The molecule has 0 aliphatic carbocycles. The van der Waals surface area contributed by atoms with E-state index in [9.17, 15) is 12.8 Å². The lowest BCUT2D eigenvalue weighted by Gasteiger charge is -2.14. The van der Waals surface area contributed by atoms with Crippen LogP contribution < -0.4 is 10.5 Å². The molecular formula is C13H19BrFN3O2S. The van der Waals surface area contributed by atoms with E-state index in [4.69, 9.17) is 5.73 Å². The second kappa shape index (κ2) is 7.04. The first kappa shape index (κ1) is 16.7. The fourth-order valence-electron chi connectivity index (χ4n) is 2.37. The van der Waals surface area contributed by atoms with Gasteiger partial charge in [-0.05, 0) is 67.0 Å². The topological polar surface area (TPSA) is 75.4 Å². The molecule has 0 aromatic heterocycles. The van der Waals surface area contributed by atoms with Crippen molar-refractivity contribution < 1.29 is 12.8 Å². The zero-order valence-electron chi connectivity index (χ0n) is 11.6. The van der Waals surface area contributed by atoms with Crippen molar-refractivity contribution in [2.75, 3.05) is 31.9 Å². The first-order valence-corrected chi connectivity index (χ1v) is 9.14. The Morgan fingerprint density at radius 2 is 2.00 bits per heavy atom. The molecule has 1 aliphatic heterocycles. The molecule has 0 radical (unpaired) electrons. The van der Waals surface area contributed by atoms with Crippen LogP contribution in [0.25, 0.3) is 0 Å². The number of benzene rings is 1. The van der Waals surface area contributed by atoms with E-state index in [0.29, 0.717) is 6.42 Å². The molecule has 0 saturated carbocycles. The Morgan fingerprint density at radius 3 is 2.67 bits per heavy atom. The molecule has 8 heteroatoms. The van der Waals surface area contributed by atoms with Crippen molar-refractivity contribution in [2.24, 2.45) is 0 Å². The lowest BCUT2D eigenvalue weighted by atomic mass is 10.3. The summed E-state index contributed by atoms with van der Waals surface area (Å²) in [5.41, 5.74) is 5.76. The first-order chi connectivity index (χ1) is 9.90. The van der Waals surface area contributed by atoms with Crippen molar-refractivity contribution in [3.05, 3.63) is 22.4 Å². The number of hydrogen-bond acceptors (Lipinski definition) is 4. The number of rotatable bonds is 6. The number of halogens is 2. The molecule has 0 bridgehead atoms. The van der Waals surface area contributed by atoms with Gasteiger partial charge in [0.1, 0.15) is 4.90 Å². The molecule has 5 nitrogen and oxygen atoms in total. The summed E-state index contributed by atoms with van der Waals surface area (Å²) in [5, 5.41) is 0. The summed E-state index contributed by atoms with van der Waals surface area (Å²) < 4.78 is 40.6.